The average molecular weight is 345 g/mol. The summed E-state index contributed by atoms with van der Waals surface area (Å²) in [6.07, 6.45) is 2.66. The lowest BCUT2D eigenvalue weighted by molar-refractivity contribution is 0.108. The third kappa shape index (κ3) is 3.54. The number of hydrogen-bond donors (Lipinski definition) is 1. The summed E-state index contributed by atoms with van der Waals surface area (Å²) in [4.78, 5) is 0. The first-order valence-corrected chi connectivity index (χ1v) is 10.4. The summed E-state index contributed by atoms with van der Waals surface area (Å²) in [6.45, 7) is 1.68. The molecule has 0 saturated carbocycles. The van der Waals surface area contributed by atoms with E-state index < -0.39 is 10.0 Å². The van der Waals surface area contributed by atoms with Crippen molar-refractivity contribution in [3.63, 3.8) is 0 Å². The molecule has 2 aliphatic rings. The first kappa shape index (κ1) is 16.4. The Hall–Kier alpha value is -0.470. The van der Waals surface area contributed by atoms with Crippen LogP contribution in [-0.4, -0.2) is 56.0 Å². The van der Waals surface area contributed by atoms with Gasteiger partial charge in [-0.2, -0.15) is 11.3 Å². The molecule has 2 saturated heterocycles. The molecule has 2 fully saturated rings. The largest absolute Gasteiger partial charge is 0.396 e. The predicted octanol–water partition coefficient (Wildman–Crippen LogP) is 1.65. The van der Waals surface area contributed by atoms with Crippen molar-refractivity contribution in [1.29, 1.82) is 0 Å². The third-order valence-electron chi connectivity index (χ3n) is 4.73. The molecule has 1 N–H and O–H groups in total. The fourth-order valence-corrected chi connectivity index (χ4v) is 5.74. The molecule has 1 aromatic heterocycles. The first-order valence-electron chi connectivity index (χ1n) is 7.82. The SMILES string of the molecule is O=S(=O)(CC[C@@H]1CCCO1)N1C[C@@H](CO)[C@@H](c2ccsc2)C1. The van der Waals surface area contributed by atoms with Crippen LogP contribution in [0.25, 0.3) is 0 Å². The standard InChI is InChI=1S/C15H23NO4S2/c17-10-13-8-16(9-15(13)12-3-6-21-11-12)22(18,19)7-4-14-2-1-5-20-14/h3,6,11,13-15,17H,1-2,4-5,7-10H2/t13-,14-,15+/m0/s1. The van der Waals surface area contributed by atoms with E-state index in [2.05, 4.69) is 5.38 Å². The zero-order valence-corrected chi connectivity index (χ0v) is 14.2. The van der Waals surface area contributed by atoms with Gasteiger partial charge in [-0.15, -0.1) is 0 Å². The maximum Gasteiger partial charge on any atom is 0.214 e. The monoisotopic (exact) mass is 345 g/mol. The highest BCUT2D eigenvalue weighted by Crippen LogP contribution is 2.35. The van der Waals surface area contributed by atoms with E-state index in [1.807, 2.05) is 11.4 Å². The number of ether oxygens (including phenoxy) is 1. The lowest BCUT2D eigenvalue weighted by Crippen LogP contribution is -2.32. The van der Waals surface area contributed by atoms with Gasteiger partial charge in [-0.1, -0.05) is 0 Å². The molecule has 2 aliphatic heterocycles. The second-order valence-electron chi connectivity index (χ2n) is 6.16. The second kappa shape index (κ2) is 6.97. The molecule has 3 heterocycles. The normalized spacial score (nSPS) is 30.1. The van der Waals surface area contributed by atoms with Crippen LogP contribution in [0.15, 0.2) is 16.8 Å². The summed E-state index contributed by atoms with van der Waals surface area (Å²) in [7, 11) is -3.27. The van der Waals surface area contributed by atoms with Crippen molar-refractivity contribution < 1.29 is 18.3 Å². The van der Waals surface area contributed by atoms with E-state index >= 15 is 0 Å². The van der Waals surface area contributed by atoms with Gasteiger partial charge in [0.2, 0.25) is 10.0 Å². The Kier molecular flexibility index (Phi) is 5.19. The third-order valence-corrected chi connectivity index (χ3v) is 7.27. The van der Waals surface area contributed by atoms with Crippen LogP contribution in [0.3, 0.4) is 0 Å². The lowest BCUT2D eigenvalue weighted by atomic mass is 9.92. The number of aliphatic hydroxyl groups is 1. The molecule has 22 heavy (non-hydrogen) atoms. The molecular formula is C15H23NO4S2. The number of sulfonamides is 1. The van der Waals surface area contributed by atoms with Gasteiger partial charge in [0.1, 0.15) is 0 Å². The summed E-state index contributed by atoms with van der Waals surface area (Å²) in [5.74, 6) is 0.243. The van der Waals surface area contributed by atoms with Crippen molar-refractivity contribution in [1.82, 2.24) is 4.31 Å². The summed E-state index contributed by atoms with van der Waals surface area (Å²) in [5, 5.41) is 13.6. The molecule has 5 nitrogen and oxygen atoms in total. The van der Waals surface area contributed by atoms with Gasteiger partial charge in [0.15, 0.2) is 0 Å². The Morgan fingerprint density at radius 3 is 2.91 bits per heavy atom. The zero-order valence-electron chi connectivity index (χ0n) is 12.6. The highest BCUT2D eigenvalue weighted by molar-refractivity contribution is 7.89. The number of hydrogen-bond acceptors (Lipinski definition) is 5. The number of rotatable bonds is 6. The molecule has 1 aromatic rings. The van der Waals surface area contributed by atoms with Crippen molar-refractivity contribution in [3.8, 4) is 0 Å². The topological polar surface area (TPSA) is 66.8 Å². The van der Waals surface area contributed by atoms with E-state index in [0.717, 1.165) is 25.0 Å². The summed E-state index contributed by atoms with van der Waals surface area (Å²) < 4.78 is 32.2. The molecule has 0 bridgehead atoms. The average Bonchev–Trinajstić information content (AvgIpc) is 3.23. The fourth-order valence-electron chi connectivity index (χ4n) is 3.39. The minimum atomic E-state index is -3.27. The van der Waals surface area contributed by atoms with Crippen molar-refractivity contribution >= 4 is 21.4 Å². The minimum Gasteiger partial charge on any atom is -0.396 e. The molecule has 7 heteroatoms. The van der Waals surface area contributed by atoms with Crippen molar-refractivity contribution in [2.24, 2.45) is 5.92 Å². The molecule has 0 spiro atoms. The Balaban J connectivity index is 1.63. The maximum atomic E-state index is 12.6. The molecule has 0 aromatic carbocycles. The van der Waals surface area contributed by atoms with Gasteiger partial charge in [-0.05, 0) is 41.7 Å². The molecule has 124 valence electrons. The van der Waals surface area contributed by atoms with Crippen LogP contribution < -0.4 is 0 Å². The van der Waals surface area contributed by atoms with Gasteiger partial charge in [0.05, 0.1) is 11.9 Å². The van der Waals surface area contributed by atoms with Gasteiger partial charge in [0, 0.05) is 38.1 Å². The Morgan fingerprint density at radius 1 is 1.41 bits per heavy atom. The van der Waals surface area contributed by atoms with Crippen LogP contribution in [-0.2, 0) is 14.8 Å². The molecule has 0 radical (unpaired) electrons. The maximum absolute atomic E-state index is 12.6. The summed E-state index contributed by atoms with van der Waals surface area (Å²) in [5.41, 5.74) is 1.14. The van der Waals surface area contributed by atoms with Crippen LogP contribution in [0.5, 0.6) is 0 Å². The van der Waals surface area contributed by atoms with E-state index in [9.17, 15) is 13.5 Å². The lowest BCUT2D eigenvalue weighted by Gasteiger charge is -2.17. The van der Waals surface area contributed by atoms with E-state index in [0.29, 0.717) is 19.5 Å². The first-order chi connectivity index (χ1) is 10.6. The van der Waals surface area contributed by atoms with Gasteiger partial charge < -0.3 is 9.84 Å². The van der Waals surface area contributed by atoms with E-state index in [4.69, 9.17) is 4.74 Å². The highest BCUT2D eigenvalue weighted by atomic mass is 32.2. The van der Waals surface area contributed by atoms with Crippen molar-refractivity contribution in [2.75, 3.05) is 32.1 Å². The Morgan fingerprint density at radius 2 is 2.27 bits per heavy atom. The van der Waals surface area contributed by atoms with Crippen molar-refractivity contribution in [3.05, 3.63) is 22.4 Å². The molecular weight excluding hydrogens is 322 g/mol. The fraction of sp³-hybridized carbons (Fsp3) is 0.733. The molecule has 3 rings (SSSR count). The summed E-state index contributed by atoms with van der Waals surface area (Å²) in [6, 6.07) is 2.03. The van der Waals surface area contributed by atoms with Crippen LogP contribution in [0.1, 0.15) is 30.7 Å². The van der Waals surface area contributed by atoms with Gasteiger partial charge >= 0.3 is 0 Å². The van der Waals surface area contributed by atoms with Crippen LogP contribution >= 0.6 is 11.3 Å². The smallest absolute Gasteiger partial charge is 0.214 e. The highest BCUT2D eigenvalue weighted by Gasteiger charge is 2.39. The van der Waals surface area contributed by atoms with Gasteiger partial charge in [0.25, 0.3) is 0 Å². The number of nitrogens with zero attached hydrogens (tertiary/aromatic N) is 1. The second-order valence-corrected chi connectivity index (χ2v) is 9.03. The molecule has 3 atom stereocenters. The van der Waals surface area contributed by atoms with E-state index in [-0.39, 0.29) is 30.3 Å². The van der Waals surface area contributed by atoms with Crippen LogP contribution in [0.4, 0.5) is 0 Å². The minimum absolute atomic E-state index is 0.00731. The Labute approximate surface area is 136 Å². The van der Waals surface area contributed by atoms with Crippen molar-refractivity contribution in [2.45, 2.75) is 31.3 Å². The zero-order chi connectivity index (χ0) is 15.6. The molecule has 0 unspecified atom stereocenters. The predicted molar refractivity (Wildman–Crippen MR) is 86.6 cm³/mol. The molecule has 0 aliphatic carbocycles. The van der Waals surface area contributed by atoms with Crippen LogP contribution in [0.2, 0.25) is 0 Å². The quantitative estimate of drug-likeness (QED) is 0.851. The number of aliphatic hydroxyl groups excluding tert-OH is 1. The van der Waals surface area contributed by atoms with Crippen LogP contribution in [0, 0.1) is 5.92 Å². The van der Waals surface area contributed by atoms with Gasteiger partial charge in [-0.3, -0.25) is 0 Å². The summed E-state index contributed by atoms with van der Waals surface area (Å²) >= 11 is 1.61. The van der Waals surface area contributed by atoms with Gasteiger partial charge in [-0.25, -0.2) is 12.7 Å². The number of thiophene rings is 1. The molecule has 0 amide bonds. The Bertz CT molecular complexity index is 566. The van der Waals surface area contributed by atoms with E-state index in [1.165, 1.54) is 0 Å². The van der Waals surface area contributed by atoms with E-state index in [1.54, 1.807) is 15.6 Å².